The monoisotopic (exact) mass is 528 g/mol. The van der Waals surface area contributed by atoms with Crippen LogP contribution in [0.25, 0.3) is 0 Å². The van der Waals surface area contributed by atoms with E-state index in [0.717, 1.165) is 54.9 Å². The summed E-state index contributed by atoms with van der Waals surface area (Å²) in [6.07, 6.45) is 1.16. The van der Waals surface area contributed by atoms with Crippen molar-refractivity contribution < 1.29 is 4.74 Å². The molecule has 0 amide bonds. The molecule has 1 heterocycles. The molecule has 2 N–H and O–H groups in total. The van der Waals surface area contributed by atoms with Crippen molar-refractivity contribution in [3.05, 3.63) is 59.1 Å². The molecule has 2 aromatic carbocycles. The maximum Gasteiger partial charge on any atom is 0.191 e. The minimum Gasteiger partial charge on any atom is -0.497 e. The Morgan fingerprint density at radius 2 is 2.03 bits per heavy atom. The van der Waals surface area contributed by atoms with Crippen molar-refractivity contribution in [1.29, 1.82) is 0 Å². The lowest BCUT2D eigenvalue weighted by atomic mass is 10.1. The van der Waals surface area contributed by atoms with Crippen molar-refractivity contribution >= 4 is 47.2 Å². The van der Waals surface area contributed by atoms with Crippen LogP contribution in [0.15, 0.2) is 53.5 Å². The number of anilines is 1. The molecule has 5 nitrogen and oxygen atoms in total. The molecule has 1 saturated heterocycles. The van der Waals surface area contributed by atoms with E-state index in [-0.39, 0.29) is 24.0 Å². The second kappa shape index (κ2) is 12.1. The molecule has 1 atom stereocenters. The van der Waals surface area contributed by atoms with Gasteiger partial charge in [0.05, 0.1) is 13.7 Å². The van der Waals surface area contributed by atoms with Gasteiger partial charge in [-0.1, -0.05) is 35.9 Å². The fraction of sp³-hybridized carbons (Fsp3) is 0.409. The van der Waals surface area contributed by atoms with Crippen LogP contribution in [0, 0.1) is 5.92 Å². The number of halogens is 2. The smallest absolute Gasteiger partial charge is 0.191 e. The van der Waals surface area contributed by atoms with Gasteiger partial charge < -0.3 is 20.3 Å². The summed E-state index contributed by atoms with van der Waals surface area (Å²) in [6, 6.07) is 16.1. The van der Waals surface area contributed by atoms with Crippen LogP contribution in [0.5, 0.6) is 5.75 Å². The summed E-state index contributed by atoms with van der Waals surface area (Å²) in [5, 5.41) is 7.57. The van der Waals surface area contributed by atoms with E-state index in [4.69, 9.17) is 16.3 Å². The molecule has 1 fully saturated rings. The highest BCUT2D eigenvalue weighted by Crippen LogP contribution is 2.26. The van der Waals surface area contributed by atoms with Crippen LogP contribution in [0.2, 0.25) is 5.02 Å². The number of hydrogen-bond donors (Lipinski definition) is 2. The largest absolute Gasteiger partial charge is 0.497 e. The lowest BCUT2D eigenvalue weighted by Crippen LogP contribution is -2.40. The van der Waals surface area contributed by atoms with E-state index in [1.165, 1.54) is 5.69 Å². The van der Waals surface area contributed by atoms with Gasteiger partial charge in [0.25, 0.3) is 0 Å². The lowest BCUT2D eigenvalue weighted by Gasteiger charge is -2.20. The van der Waals surface area contributed by atoms with Crippen LogP contribution in [0.1, 0.15) is 18.9 Å². The minimum absolute atomic E-state index is 0. The molecular formula is C22H30ClIN4O. The molecule has 158 valence electrons. The molecule has 0 saturated carbocycles. The first-order valence-corrected chi connectivity index (χ1v) is 10.2. The molecule has 0 radical (unpaired) electrons. The highest BCUT2D eigenvalue weighted by molar-refractivity contribution is 14.0. The van der Waals surface area contributed by atoms with Gasteiger partial charge in [0, 0.05) is 43.0 Å². The Balaban J connectivity index is 0.00000300. The van der Waals surface area contributed by atoms with Gasteiger partial charge in [0.2, 0.25) is 0 Å². The maximum absolute atomic E-state index is 6.24. The first-order valence-electron chi connectivity index (χ1n) is 9.84. The van der Waals surface area contributed by atoms with Gasteiger partial charge in [-0.3, -0.25) is 0 Å². The second-order valence-corrected chi connectivity index (χ2v) is 7.38. The fourth-order valence-corrected chi connectivity index (χ4v) is 3.61. The van der Waals surface area contributed by atoms with Gasteiger partial charge in [0.15, 0.2) is 5.96 Å². The second-order valence-electron chi connectivity index (χ2n) is 6.97. The van der Waals surface area contributed by atoms with Gasteiger partial charge in [-0.25, -0.2) is 4.99 Å². The molecule has 0 bridgehead atoms. The van der Waals surface area contributed by atoms with E-state index in [0.29, 0.717) is 12.5 Å². The molecule has 29 heavy (non-hydrogen) atoms. The van der Waals surface area contributed by atoms with Crippen LogP contribution in [0.4, 0.5) is 5.69 Å². The number of rotatable bonds is 7. The summed E-state index contributed by atoms with van der Waals surface area (Å²) >= 11 is 6.24. The van der Waals surface area contributed by atoms with Crippen molar-refractivity contribution in [2.75, 3.05) is 38.2 Å². The zero-order chi connectivity index (χ0) is 19.8. The molecule has 0 aliphatic carbocycles. The first-order chi connectivity index (χ1) is 13.7. The molecule has 7 heteroatoms. The van der Waals surface area contributed by atoms with E-state index in [1.807, 2.05) is 36.4 Å². The zero-order valence-electron chi connectivity index (χ0n) is 17.0. The van der Waals surface area contributed by atoms with Crippen molar-refractivity contribution in [2.24, 2.45) is 10.9 Å². The topological polar surface area (TPSA) is 48.9 Å². The van der Waals surface area contributed by atoms with Crippen LogP contribution in [-0.2, 0) is 6.54 Å². The van der Waals surface area contributed by atoms with Crippen LogP contribution in [-0.4, -0.2) is 39.2 Å². The molecule has 1 aliphatic rings. The number of methoxy groups -OCH3 is 1. The molecule has 1 aliphatic heterocycles. The van der Waals surface area contributed by atoms with Crippen molar-refractivity contribution in [1.82, 2.24) is 10.6 Å². The Morgan fingerprint density at radius 3 is 2.79 bits per heavy atom. The number of nitrogens with one attached hydrogen (secondary N) is 2. The van der Waals surface area contributed by atoms with E-state index >= 15 is 0 Å². The van der Waals surface area contributed by atoms with E-state index in [9.17, 15) is 0 Å². The van der Waals surface area contributed by atoms with Crippen molar-refractivity contribution in [3.63, 3.8) is 0 Å². The molecule has 2 aromatic rings. The third kappa shape index (κ3) is 6.96. The van der Waals surface area contributed by atoms with E-state index in [1.54, 1.807) is 7.11 Å². The third-order valence-corrected chi connectivity index (χ3v) is 5.34. The summed E-state index contributed by atoms with van der Waals surface area (Å²) in [7, 11) is 1.71. The Labute approximate surface area is 195 Å². The van der Waals surface area contributed by atoms with Crippen LogP contribution < -0.4 is 20.3 Å². The predicted molar refractivity (Wildman–Crippen MR) is 133 cm³/mol. The highest BCUT2D eigenvalue weighted by Gasteiger charge is 2.23. The predicted octanol–water partition coefficient (Wildman–Crippen LogP) is 4.55. The average Bonchev–Trinajstić information content (AvgIpc) is 3.20. The highest BCUT2D eigenvalue weighted by atomic mass is 127. The maximum atomic E-state index is 6.24. The quantitative estimate of drug-likeness (QED) is 0.315. The van der Waals surface area contributed by atoms with Gasteiger partial charge in [0.1, 0.15) is 5.75 Å². The Hall–Kier alpha value is -1.67. The number of hydrogen-bond acceptors (Lipinski definition) is 3. The third-order valence-electron chi connectivity index (χ3n) is 4.97. The minimum atomic E-state index is 0. The summed E-state index contributed by atoms with van der Waals surface area (Å²) in [6.45, 7) is 6.46. The number of nitrogens with zero attached hydrogens (tertiary/aromatic N) is 2. The summed E-state index contributed by atoms with van der Waals surface area (Å²) in [4.78, 5) is 7.10. The Kier molecular flexibility index (Phi) is 9.87. The first kappa shape index (κ1) is 23.6. The average molecular weight is 529 g/mol. The number of aliphatic imine (C=N–C) groups is 1. The molecule has 0 spiro atoms. The molecular weight excluding hydrogens is 499 g/mol. The summed E-state index contributed by atoms with van der Waals surface area (Å²) in [5.41, 5.74) is 2.26. The fourth-order valence-electron chi connectivity index (χ4n) is 3.41. The zero-order valence-corrected chi connectivity index (χ0v) is 20.1. The van der Waals surface area contributed by atoms with Crippen molar-refractivity contribution in [3.8, 4) is 5.75 Å². The Bertz CT molecular complexity index is 802. The molecule has 3 rings (SSSR count). The van der Waals surface area contributed by atoms with Gasteiger partial charge in [-0.2, -0.15) is 0 Å². The van der Waals surface area contributed by atoms with Gasteiger partial charge in [-0.15, -0.1) is 24.0 Å². The number of ether oxygens (including phenoxy) is 1. The standard InChI is InChI=1S/C22H29ClN4O.HI/c1-3-24-22(26-15-18-7-4-5-10-21(18)23)25-14-17-11-12-27(16-17)19-8-6-9-20(13-19)28-2;/h4-10,13,17H,3,11-12,14-16H2,1-2H3,(H2,24,25,26);1H. The summed E-state index contributed by atoms with van der Waals surface area (Å²) < 4.78 is 5.35. The van der Waals surface area contributed by atoms with Crippen LogP contribution in [0.3, 0.4) is 0 Å². The Morgan fingerprint density at radius 1 is 1.21 bits per heavy atom. The summed E-state index contributed by atoms with van der Waals surface area (Å²) in [5.74, 6) is 2.32. The van der Waals surface area contributed by atoms with Gasteiger partial charge >= 0.3 is 0 Å². The van der Waals surface area contributed by atoms with E-state index in [2.05, 4.69) is 39.6 Å². The number of benzene rings is 2. The molecule has 0 aromatic heterocycles. The van der Waals surface area contributed by atoms with Crippen LogP contribution >= 0.6 is 35.6 Å². The SMILES string of the molecule is CCNC(=NCc1ccccc1Cl)NCC1CCN(c2cccc(OC)c2)C1.I. The van der Waals surface area contributed by atoms with E-state index < -0.39 is 0 Å². The lowest BCUT2D eigenvalue weighted by molar-refractivity contribution is 0.415. The van der Waals surface area contributed by atoms with Gasteiger partial charge in [-0.05, 0) is 43.0 Å². The van der Waals surface area contributed by atoms with Crippen molar-refractivity contribution in [2.45, 2.75) is 19.9 Å². The number of guanidine groups is 1. The normalized spacial score (nSPS) is 16.3. The molecule has 1 unspecified atom stereocenters.